The van der Waals surface area contributed by atoms with E-state index in [0.717, 1.165) is 18.5 Å². The summed E-state index contributed by atoms with van der Waals surface area (Å²) in [6, 6.07) is 6.86. The van der Waals surface area contributed by atoms with E-state index in [4.69, 9.17) is 11.6 Å². The lowest BCUT2D eigenvalue weighted by Crippen LogP contribution is -2.08. The van der Waals surface area contributed by atoms with Crippen LogP contribution in [-0.2, 0) is 5.41 Å². The maximum Gasteiger partial charge on any atom is 0.336 e. The Morgan fingerprint density at radius 3 is 2.72 bits per heavy atom. The van der Waals surface area contributed by atoms with Crippen molar-refractivity contribution in [2.24, 2.45) is 0 Å². The lowest BCUT2D eigenvalue weighted by Gasteiger charge is -2.11. The normalized spacial score (nSPS) is 16.8. The summed E-state index contributed by atoms with van der Waals surface area (Å²) >= 11 is 5.92. The van der Waals surface area contributed by atoms with Crippen molar-refractivity contribution in [1.29, 1.82) is 0 Å². The third kappa shape index (κ3) is 1.75. The van der Waals surface area contributed by atoms with Crippen molar-refractivity contribution in [3.05, 3.63) is 40.5 Å². The van der Waals surface area contributed by atoms with E-state index in [2.05, 4.69) is 11.9 Å². The molecule has 1 heterocycles. The zero-order valence-electron chi connectivity index (χ0n) is 9.90. The summed E-state index contributed by atoms with van der Waals surface area (Å²) < 4.78 is 0. The Kier molecular flexibility index (Phi) is 2.35. The van der Waals surface area contributed by atoms with Crippen LogP contribution < -0.4 is 0 Å². The van der Waals surface area contributed by atoms with Crippen LogP contribution in [0.25, 0.3) is 10.9 Å². The smallest absolute Gasteiger partial charge is 0.336 e. The SMILES string of the molecule is CC1(c2cc(C(=O)O)c3cc(Cl)ccc3n2)CC1. The number of carboxylic acid groups (broad SMARTS) is 1. The second-order valence-corrected chi connectivity index (χ2v) is 5.52. The molecule has 92 valence electrons. The van der Waals surface area contributed by atoms with E-state index in [1.807, 2.05) is 0 Å². The van der Waals surface area contributed by atoms with Gasteiger partial charge in [0.1, 0.15) is 0 Å². The molecule has 0 bridgehead atoms. The molecule has 0 spiro atoms. The molecule has 0 unspecified atom stereocenters. The van der Waals surface area contributed by atoms with Gasteiger partial charge in [-0.3, -0.25) is 4.98 Å². The molecule has 2 aromatic rings. The number of halogens is 1. The Balaban J connectivity index is 2.32. The average molecular weight is 262 g/mol. The predicted octanol–water partition coefficient (Wildman–Crippen LogP) is 3.64. The van der Waals surface area contributed by atoms with Crippen molar-refractivity contribution in [2.45, 2.75) is 25.2 Å². The Hall–Kier alpha value is -1.61. The number of pyridine rings is 1. The molecule has 0 radical (unpaired) electrons. The molecule has 18 heavy (non-hydrogen) atoms. The number of carboxylic acids is 1. The Bertz CT molecular complexity index is 662. The maximum absolute atomic E-state index is 11.4. The molecule has 0 amide bonds. The van der Waals surface area contributed by atoms with E-state index in [-0.39, 0.29) is 11.0 Å². The number of benzene rings is 1. The van der Waals surface area contributed by atoms with E-state index >= 15 is 0 Å². The summed E-state index contributed by atoms with van der Waals surface area (Å²) in [5.74, 6) is -0.935. The van der Waals surface area contributed by atoms with Crippen LogP contribution in [0.4, 0.5) is 0 Å². The fourth-order valence-corrected chi connectivity index (χ4v) is 2.30. The third-order valence-electron chi connectivity index (χ3n) is 3.62. The van der Waals surface area contributed by atoms with Gasteiger partial charge in [-0.1, -0.05) is 18.5 Å². The van der Waals surface area contributed by atoms with Crippen LogP contribution in [0.5, 0.6) is 0 Å². The van der Waals surface area contributed by atoms with Crippen LogP contribution in [0.2, 0.25) is 5.02 Å². The van der Waals surface area contributed by atoms with Crippen LogP contribution in [0.1, 0.15) is 35.8 Å². The van der Waals surface area contributed by atoms with Gasteiger partial charge < -0.3 is 5.11 Å². The first-order valence-corrected chi connectivity index (χ1v) is 6.21. The fraction of sp³-hybridized carbons (Fsp3) is 0.286. The van der Waals surface area contributed by atoms with Crippen molar-refractivity contribution < 1.29 is 9.90 Å². The monoisotopic (exact) mass is 261 g/mol. The van der Waals surface area contributed by atoms with Crippen molar-refractivity contribution in [3.8, 4) is 0 Å². The van der Waals surface area contributed by atoms with Crippen molar-refractivity contribution >= 4 is 28.5 Å². The van der Waals surface area contributed by atoms with Gasteiger partial charge in [-0.25, -0.2) is 4.79 Å². The molecule has 4 heteroatoms. The van der Waals surface area contributed by atoms with E-state index in [0.29, 0.717) is 15.9 Å². The van der Waals surface area contributed by atoms with Gasteiger partial charge in [0, 0.05) is 21.5 Å². The molecule has 0 atom stereocenters. The number of hydrogen-bond acceptors (Lipinski definition) is 2. The van der Waals surface area contributed by atoms with Gasteiger partial charge in [-0.2, -0.15) is 0 Å². The standard InChI is InChI=1S/C14H12ClNO2/c1-14(4-5-14)12-7-10(13(17)18)9-6-8(15)2-3-11(9)16-12/h2-3,6-7H,4-5H2,1H3,(H,17,18). The Morgan fingerprint density at radius 2 is 2.11 bits per heavy atom. The van der Waals surface area contributed by atoms with Gasteiger partial charge in [-0.05, 0) is 37.1 Å². The molecule has 0 saturated heterocycles. The molecule has 3 rings (SSSR count). The largest absolute Gasteiger partial charge is 0.478 e. The fourth-order valence-electron chi connectivity index (χ4n) is 2.13. The molecular formula is C14H12ClNO2. The number of carbonyl (C=O) groups is 1. The summed E-state index contributed by atoms with van der Waals surface area (Å²) in [5, 5.41) is 10.4. The molecule has 1 aromatic carbocycles. The maximum atomic E-state index is 11.4. The van der Waals surface area contributed by atoms with E-state index < -0.39 is 5.97 Å². The molecule has 0 aliphatic heterocycles. The zero-order valence-corrected chi connectivity index (χ0v) is 10.7. The number of aromatic nitrogens is 1. The first kappa shape index (κ1) is 11.5. The Morgan fingerprint density at radius 1 is 1.39 bits per heavy atom. The average Bonchev–Trinajstić information content (AvgIpc) is 3.07. The number of aromatic carboxylic acids is 1. The van der Waals surface area contributed by atoms with E-state index in [1.165, 1.54) is 0 Å². The quantitative estimate of drug-likeness (QED) is 0.898. The van der Waals surface area contributed by atoms with Gasteiger partial charge in [0.2, 0.25) is 0 Å². The molecular weight excluding hydrogens is 250 g/mol. The number of fused-ring (bicyclic) bond motifs is 1. The lowest BCUT2D eigenvalue weighted by molar-refractivity contribution is 0.0699. The number of hydrogen-bond donors (Lipinski definition) is 1. The molecule has 1 saturated carbocycles. The van der Waals surface area contributed by atoms with Crippen molar-refractivity contribution in [1.82, 2.24) is 4.98 Å². The minimum Gasteiger partial charge on any atom is -0.478 e. The lowest BCUT2D eigenvalue weighted by atomic mass is 10.00. The van der Waals surface area contributed by atoms with Gasteiger partial charge in [-0.15, -0.1) is 0 Å². The summed E-state index contributed by atoms with van der Waals surface area (Å²) in [4.78, 5) is 15.9. The second-order valence-electron chi connectivity index (χ2n) is 5.08. The summed E-state index contributed by atoms with van der Waals surface area (Å²) in [7, 11) is 0. The topological polar surface area (TPSA) is 50.2 Å². The summed E-state index contributed by atoms with van der Waals surface area (Å²) in [6.07, 6.45) is 2.14. The molecule has 1 fully saturated rings. The second kappa shape index (κ2) is 3.69. The zero-order chi connectivity index (χ0) is 12.9. The first-order valence-electron chi connectivity index (χ1n) is 5.84. The van der Waals surface area contributed by atoms with Crippen molar-refractivity contribution in [2.75, 3.05) is 0 Å². The van der Waals surface area contributed by atoms with Crippen LogP contribution in [0, 0.1) is 0 Å². The van der Waals surface area contributed by atoms with Gasteiger partial charge >= 0.3 is 5.97 Å². The highest BCUT2D eigenvalue weighted by atomic mass is 35.5. The summed E-state index contributed by atoms with van der Waals surface area (Å²) in [6.45, 7) is 2.11. The van der Waals surface area contributed by atoms with Crippen LogP contribution >= 0.6 is 11.6 Å². The van der Waals surface area contributed by atoms with E-state index in [1.54, 1.807) is 24.3 Å². The number of rotatable bonds is 2. The Labute approximate surface area is 109 Å². The van der Waals surface area contributed by atoms with Crippen LogP contribution in [0.3, 0.4) is 0 Å². The highest BCUT2D eigenvalue weighted by Crippen LogP contribution is 2.47. The predicted molar refractivity (Wildman–Crippen MR) is 70.3 cm³/mol. The van der Waals surface area contributed by atoms with E-state index in [9.17, 15) is 9.90 Å². The first-order chi connectivity index (χ1) is 8.49. The number of nitrogens with zero attached hydrogens (tertiary/aromatic N) is 1. The molecule has 3 nitrogen and oxygen atoms in total. The highest BCUT2D eigenvalue weighted by Gasteiger charge is 2.41. The van der Waals surface area contributed by atoms with Crippen molar-refractivity contribution in [3.63, 3.8) is 0 Å². The molecule has 1 N–H and O–H groups in total. The molecule has 1 aliphatic rings. The van der Waals surface area contributed by atoms with Gasteiger partial charge in [0.15, 0.2) is 0 Å². The highest BCUT2D eigenvalue weighted by molar-refractivity contribution is 6.31. The third-order valence-corrected chi connectivity index (χ3v) is 3.85. The van der Waals surface area contributed by atoms with Gasteiger partial charge in [0.05, 0.1) is 11.1 Å². The van der Waals surface area contributed by atoms with Crippen LogP contribution in [0.15, 0.2) is 24.3 Å². The molecule has 1 aromatic heterocycles. The van der Waals surface area contributed by atoms with Crippen LogP contribution in [-0.4, -0.2) is 16.1 Å². The minimum absolute atomic E-state index is 0.0536. The summed E-state index contributed by atoms with van der Waals surface area (Å²) in [5.41, 5.74) is 1.90. The molecule has 1 aliphatic carbocycles. The van der Waals surface area contributed by atoms with Gasteiger partial charge in [0.25, 0.3) is 0 Å². The minimum atomic E-state index is -0.935.